The van der Waals surface area contributed by atoms with Crippen LogP contribution in [0.25, 0.3) is 11.0 Å². The summed E-state index contributed by atoms with van der Waals surface area (Å²) in [5, 5.41) is 1.20. The topological polar surface area (TPSA) is 19.6 Å². The van der Waals surface area contributed by atoms with E-state index in [1.165, 1.54) is 44.0 Å². The van der Waals surface area contributed by atoms with E-state index in [9.17, 15) is 0 Å². The minimum Gasteiger partial charge on any atom is -0.460 e. The molecule has 0 bridgehead atoms. The molecule has 22 heavy (non-hydrogen) atoms. The van der Waals surface area contributed by atoms with Gasteiger partial charge in [0.25, 0.3) is 0 Å². The molecule has 0 saturated heterocycles. The number of hydrogen-bond donors (Lipinski definition) is 0. The number of nitrogens with zero attached hydrogens (tertiary/aromatic N) is 2. The van der Waals surface area contributed by atoms with E-state index < -0.39 is 0 Å². The van der Waals surface area contributed by atoms with Crippen molar-refractivity contribution < 1.29 is 4.42 Å². The minimum atomic E-state index is 0.898. The SMILES string of the molecule is CN(C)CCCCCCCN(C)Cc1cc2ccccc2o1. The van der Waals surface area contributed by atoms with Crippen LogP contribution in [0.4, 0.5) is 0 Å². The molecule has 2 rings (SSSR count). The zero-order valence-electron chi connectivity index (χ0n) is 14.3. The molecule has 0 atom stereocenters. The maximum Gasteiger partial charge on any atom is 0.134 e. The quantitative estimate of drug-likeness (QED) is 0.607. The van der Waals surface area contributed by atoms with Gasteiger partial charge < -0.3 is 9.32 Å². The summed E-state index contributed by atoms with van der Waals surface area (Å²) in [4.78, 5) is 4.62. The molecule has 0 spiro atoms. The van der Waals surface area contributed by atoms with Gasteiger partial charge in [-0.15, -0.1) is 0 Å². The fraction of sp³-hybridized carbons (Fsp3) is 0.579. The van der Waals surface area contributed by atoms with Crippen molar-refractivity contribution in [2.45, 2.75) is 38.6 Å². The molecule has 2 aromatic rings. The van der Waals surface area contributed by atoms with E-state index >= 15 is 0 Å². The van der Waals surface area contributed by atoms with Gasteiger partial charge in [0.05, 0.1) is 6.54 Å². The van der Waals surface area contributed by atoms with Crippen molar-refractivity contribution in [3.63, 3.8) is 0 Å². The summed E-state index contributed by atoms with van der Waals surface area (Å²) in [5.41, 5.74) is 0.992. The summed E-state index contributed by atoms with van der Waals surface area (Å²) in [5.74, 6) is 1.06. The van der Waals surface area contributed by atoms with Crippen LogP contribution in [0.15, 0.2) is 34.7 Å². The lowest BCUT2D eigenvalue weighted by Gasteiger charge is -2.14. The molecule has 3 nitrogen and oxygen atoms in total. The fourth-order valence-electron chi connectivity index (χ4n) is 2.80. The zero-order valence-corrected chi connectivity index (χ0v) is 14.3. The number of hydrogen-bond acceptors (Lipinski definition) is 3. The first kappa shape index (κ1) is 17.0. The molecule has 0 radical (unpaired) electrons. The monoisotopic (exact) mass is 302 g/mol. The Kier molecular flexibility index (Phi) is 6.94. The molecule has 0 amide bonds. The fourth-order valence-corrected chi connectivity index (χ4v) is 2.80. The Balaban J connectivity index is 1.60. The number of rotatable bonds is 10. The molecule has 3 heteroatoms. The molecular formula is C19H30N2O. The van der Waals surface area contributed by atoms with Gasteiger partial charge >= 0.3 is 0 Å². The lowest BCUT2D eigenvalue weighted by Crippen LogP contribution is -2.18. The molecule has 0 aliphatic heterocycles. The predicted octanol–water partition coefficient (Wildman–Crippen LogP) is 4.38. The van der Waals surface area contributed by atoms with Crippen molar-refractivity contribution >= 4 is 11.0 Å². The second kappa shape index (κ2) is 8.96. The van der Waals surface area contributed by atoms with Gasteiger partial charge in [-0.3, -0.25) is 4.90 Å². The lowest BCUT2D eigenvalue weighted by atomic mass is 10.1. The first-order valence-corrected chi connectivity index (χ1v) is 8.46. The van der Waals surface area contributed by atoms with E-state index in [1.807, 2.05) is 12.1 Å². The molecule has 0 aliphatic rings. The first-order valence-electron chi connectivity index (χ1n) is 8.46. The normalized spacial score (nSPS) is 11.9. The number of furan rings is 1. The van der Waals surface area contributed by atoms with E-state index in [0.29, 0.717) is 0 Å². The summed E-state index contributed by atoms with van der Waals surface area (Å²) in [6, 6.07) is 10.4. The zero-order chi connectivity index (χ0) is 15.8. The molecule has 1 aromatic heterocycles. The number of fused-ring (bicyclic) bond motifs is 1. The van der Waals surface area contributed by atoms with Crippen LogP contribution in [0, 0.1) is 0 Å². The number of unbranched alkanes of at least 4 members (excludes halogenated alkanes) is 4. The smallest absolute Gasteiger partial charge is 0.134 e. The van der Waals surface area contributed by atoms with Crippen molar-refractivity contribution in [3.8, 4) is 0 Å². The average molecular weight is 302 g/mol. The van der Waals surface area contributed by atoms with Crippen LogP contribution in [-0.4, -0.2) is 44.0 Å². The van der Waals surface area contributed by atoms with E-state index in [0.717, 1.165) is 24.4 Å². The third kappa shape index (κ3) is 5.82. The van der Waals surface area contributed by atoms with Crippen molar-refractivity contribution in [2.75, 3.05) is 34.2 Å². The van der Waals surface area contributed by atoms with Crippen molar-refractivity contribution in [3.05, 3.63) is 36.1 Å². The molecule has 0 aliphatic carbocycles. The minimum absolute atomic E-state index is 0.898. The highest BCUT2D eigenvalue weighted by Crippen LogP contribution is 2.19. The van der Waals surface area contributed by atoms with Gasteiger partial charge in [-0.1, -0.05) is 37.5 Å². The summed E-state index contributed by atoms with van der Waals surface area (Å²) < 4.78 is 5.87. The average Bonchev–Trinajstić information content (AvgIpc) is 2.88. The van der Waals surface area contributed by atoms with Gasteiger partial charge in [-0.05, 0) is 59.2 Å². The highest BCUT2D eigenvalue weighted by molar-refractivity contribution is 5.77. The number of benzene rings is 1. The molecule has 122 valence electrons. The van der Waals surface area contributed by atoms with Crippen LogP contribution < -0.4 is 0 Å². The largest absolute Gasteiger partial charge is 0.460 e. The highest BCUT2D eigenvalue weighted by Gasteiger charge is 2.06. The first-order chi connectivity index (χ1) is 10.6. The Morgan fingerprint density at radius 2 is 1.55 bits per heavy atom. The van der Waals surface area contributed by atoms with E-state index in [-0.39, 0.29) is 0 Å². The Hall–Kier alpha value is -1.32. The molecule has 0 saturated carbocycles. The summed E-state index contributed by atoms with van der Waals surface area (Å²) in [6.45, 7) is 3.26. The molecule has 0 fully saturated rings. The number of para-hydroxylation sites is 1. The van der Waals surface area contributed by atoms with Crippen LogP contribution in [0.3, 0.4) is 0 Å². The van der Waals surface area contributed by atoms with Gasteiger partial charge in [0, 0.05) is 5.39 Å². The van der Waals surface area contributed by atoms with Gasteiger partial charge in [0.2, 0.25) is 0 Å². The molecular weight excluding hydrogens is 272 g/mol. The molecule has 1 heterocycles. The summed E-state index contributed by atoms with van der Waals surface area (Å²) in [6.07, 6.45) is 6.64. The molecule has 0 unspecified atom stereocenters. The van der Waals surface area contributed by atoms with Gasteiger partial charge in [-0.25, -0.2) is 0 Å². The van der Waals surface area contributed by atoms with Gasteiger partial charge in [-0.2, -0.15) is 0 Å². The molecule has 0 N–H and O–H groups in total. The highest BCUT2D eigenvalue weighted by atomic mass is 16.3. The van der Waals surface area contributed by atoms with Crippen LogP contribution in [0.1, 0.15) is 37.9 Å². The van der Waals surface area contributed by atoms with Crippen LogP contribution in [-0.2, 0) is 6.54 Å². The third-order valence-corrected chi connectivity index (χ3v) is 4.05. The predicted molar refractivity (Wildman–Crippen MR) is 94.2 cm³/mol. The van der Waals surface area contributed by atoms with Crippen LogP contribution in [0.2, 0.25) is 0 Å². The standard InChI is InChI=1S/C19H30N2O/c1-20(2)13-9-5-4-6-10-14-21(3)16-18-15-17-11-7-8-12-19(17)22-18/h7-8,11-12,15H,4-6,9-10,13-14,16H2,1-3H3. The van der Waals surface area contributed by atoms with Crippen molar-refractivity contribution in [1.29, 1.82) is 0 Å². The van der Waals surface area contributed by atoms with E-state index in [2.05, 4.69) is 49.1 Å². The summed E-state index contributed by atoms with van der Waals surface area (Å²) in [7, 11) is 6.47. The Morgan fingerprint density at radius 3 is 2.27 bits per heavy atom. The lowest BCUT2D eigenvalue weighted by molar-refractivity contribution is 0.291. The van der Waals surface area contributed by atoms with Gasteiger partial charge in [0.15, 0.2) is 0 Å². The van der Waals surface area contributed by atoms with Crippen LogP contribution >= 0.6 is 0 Å². The Labute approximate surface area is 134 Å². The second-order valence-corrected chi connectivity index (χ2v) is 6.56. The van der Waals surface area contributed by atoms with Crippen LogP contribution in [0.5, 0.6) is 0 Å². The Bertz CT molecular complexity index is 514. The third-order valence-electron chi connectivity index (χ3n) is 4.05. The van der Waals surface area contributed by atoms with E-state index in [1.54, 1.807) is 0 Å². The van der Waals surface area contributed by atoms with E-state index in [4.69, 9.17) is 4.42 Å². The van der Waals surface area contributed by atoms with Crippen molar-refractivity contribution in [1.82, 2.24) is 9.80 Å². The summed E-state index contributed by atoms with van der Waals surface area (Å²) >= 11 is 0. The van der Waals surface area contributed by atoms with Gasteiger partial charge in [0.1, 0.15) is 11.3 Å². The molecule has 1 aromatic carbocycles. The maximum atomic E-state index is 5.87. The van der Waals surface area contributed by atoms with Crippen molar-refractivity contribution in [2.24, 2.45) is 0 Å². The Morgan fingerprint density at radius 1 is 0.864 bits per heavy atom. The second-order valence-electron chi connectivity index (χ2n) is 6.56. The maximum absolute atomic E-state index is 5.87.